The van der Waals surface area contributed by atoms with Crippen LogP contribution in [0.2, 0.25) is 5.02 Å². The van der Waals surface area contributed by atoms with Crippen molar-refractivity contribution in [1.82, 2.24) is 0 Å². The molecule has 0 spiro atoms. The number of carbonyl (C=O) groups is 1. The van der Waals surface area contributed by atoms with Gasteiger partial charge in [-0.3, -0.25) is 4.79 Å². The quantitative estimate of drug-likeness (QED) is 0.530. The maximum absolute atomic E-state index is 12.8. The summed E-state index contributed by atoms with van der Waals surface area (Å²) in [5.74, 6) is -1.28. The summed E-state index contributed by atoms with van der Waals surface area (Å²) in [6.45, 7) is 0. The maximum atomic E-state index is 12.8. The average molecular weight is 227 g/mol. The number of rotatable bonds is 1. The van der Waals surface area contributed by atoms with Crippen LogP contribution in [0.25, 0.3) is 0 Å². The van der Waals surface area contributed by atoms with Gasteiger partial charge in [0, 0.05) is 0 Å². The maximum Gasteiger partial charge on any atom is 0.416 e. The fraction of sp³-hybridized carbons (Fsp3) is 0.125. The summed E-state index contributed by atoms with van der Waals surface area (Å²) in [5, 5.41) is -0.549. The number of hydrogen-bond donors (Lipinski definition) is 0. The lowest BCUT2D eigenvalue weighted by Gasteiger charge is -2.08. The van der Waals surface area contributed by atoms with Crippen molar-refractivity contribution in [2.75, 3.05) is 0 Å². The normalized spacial score (nSPS) is 11.5. The van der Waals surface area contributed by atoms with Crippen molar-refractivity contribution in [3.63, 3.8) is 0 Å². The molecule has 0 heterocycles. The Kier molecular flexibility index (Phi) is 2.80. The fourth-order valence-corrected chi connectivity index (χ4v) is 1.11. The average Bonchev–Trinajstić information content (AvgIpc) is 2.01. The molecule has 0 N–H and O–H groups in total. The van der Waals surface area contributed by atoms with Gasteiger partial charge in [0.15, 0.2) is 6.29 Å². The summed E-state index contributed by atoms with van der Waals surface area (Å²) in [7, 11) is 0. The van der Waals surface area contributed by atoms with E-state index in [1.807, 2.05) is 0 Å². The van der Waals surface area contributed by atoms with Crippen molar-refractivity contribution in [1.29, 1.82) is 0 Å². The van der Waals surface area contributed by atoms with Gasteiger partial charge in [-0.25, -0.2) is 4.39 Å². The Balaban J connectivity index is 3.35. The standard InChI is InChI=1S/C8H3ClF4O/c9-6-1-4(8(11,12)13)2-7(10)5(6)3-14/h1-3H. The van der Waals surface area contributed by atoms with E-state index in [-0.39, 0.29) is 12.4 Å². The van der Waals surface area contributed by atoms with E-state index >= 15 is 0 Å². The molecule has 0 aromatic heterocycles. The zero-order valence-corrected chi connectivity index (χ0v) is 7.29. The highest BCUT2D eigenvalue weighted by atomic mass is 35.5. The summed E-state index contributed by atoms with van der Waals surface area (Å²) in [6, 6.07) is 0.740. The van der Waals surface area contributed by atoms with Crippen LogP contribution < -0.4 is 0 Å². The van der Waals surface area contributed by atoms with Crippen molar-refractivity contribution in [3.8, 4) is 0 Å². The molecule has 0 fully saturated rings. The van der Waals surface area contributed by atoms with Crippen molar-refractivity contribution in [2.45, 2.75) is 6.18 Å². The van der Waals surface area contributed by atoms with Crippen LogP contribution in [0.15, 0.2) is 12.1 Å². The number of hydrogen-bond acceptors (Lipinski definition) is 1. The zero-order chi connectivity index (χ0) is 10.9. The van der Waals surface area contributed by atoms with E-state index in [4.69, 9.17) is 11.6 Å². The first-order valence-electron chi connectivity index (χ1n) is 3.37. The second-order valence-electron chi connectivity index (χ2n) is 2.47. The SMILES string of the molecule is O=Cc1c(F)cc(C(F)(F)F)cc1Cl. The molecule has 0 bridgehead atoms. The van der Waals surface area contributed by atoms with Crippen LogP contribution in [0.4, 0.5) is 17.6 Å². The van der Waals surface area contributed by atoms with E-state index in [1.54, 1.807) is 0 Å². The lowest BCUT2D eigenvalue weighted by molar-refractivity contribution is -0.137. The van der Waals surface area contributed by atoms with E-state index in [9.17, 15) is 22.4 Å². The molecule has 1 aromatic rings. The minimum atomic E-state index is -4.67. The van der Waals surface area contributed by atoms with Gasteiger partial charge in [0.2, 0.25) is 0 Å². The van der Waals surface area contributed by atoms with Gasteiger partial charge in [-0.2, -0.15) is 13.2 Å². The molecule has 1 aromatic carbocycles. The highest BCUT2D eigenvalue weighted by Gasteiger charge is 2.32. The Morgan fingerprint density at radius 3 is 2.21 bits per heavy atom. The first-order chi connectivity index (χ1) is 6.36. The molecule has 0 saturated heterocycles. The number of alkyl halides is 3. The lowest BCUT2D eigenvalue weighted by Crippen LogP contribution is -2.06. The third-order valence-electron chi connectivity index (χ3n) is 1.52. The molecular formula is C8H3ClF4O. The Morgan fingerprint density at radius 2 is 1.86 bits per heavy atom. The molecule has 0 unspecified atom stereocenters. The molecule has 76 valence electrons. The molecule has 14 heavy (non-hydrogen) atoms. The van der Waals surface area contributed by atoms with Crippen LogP contribution in [0.5, 0.6) is 0 Å². The Labute approximate surface area is 81.3 Å². The summed E-state index contributed by atoms with van der Waals surface area (Å²) < 4.78 is 49.0. The molecule has 0 saturated carbocycles. The molecule has 6 heteroatoms. The third kappa shape index (κ3) is 2.04. The number of aldehydes is 1. The van der Waals surface area contributed by atoms with Crippen LogP contribution in [0, 0.1) is 5.82 Å². The van der Waals surface area contributed by atoms with Gasteiger partial charge in [-0.05, 0) is 12.1 Å². The summed E-state index contributed by atoms with van der Waals surface area (Å²) >= 11 is 5.27. The van der Waals surface area contributed by atoms with Gasteiger partial charge in [-0.15, -0.1) is 0 Å². The minimum Gasteiger partial charge on any atom is -0.298 e. The Morgan fingerprint density at radius 1 is 1.29 bits per heavy atom. The van der Waals surface area contributed by atoms with Gasteiger partial charge in [0.05, 0.1) is 16.1 Å². The highest BCUT2D eigenvalue weighted by Crippen LogP contribution is 2.32. The minimum absolute atomic E-state index is 0.0673. The molecule has 0 aliphatic heterocycles. The van der Waals surface area contributed by atoms with Gasteiger partial charge >= 0.3 is 6.18 Å². The summed E-state index contributed by atoms with van der Waals surface area (Å²) in [4.78, 5) is 10.2. The van der Waals surface area contributed by atoms with Gasteiger partial charge in [0.25, 0.3) is 0 Å². The van der Waals surface area contributed by atoms with E-state index in [1.165, 1.54) is 0 Å². The smallest absolute Gasteiger partial charge is 0.298 e. The van der Waals surface area contributed by atoms with E-state index in [2.05, 4.69) is 0 Å². The molecule has 1 nitrogen and oxygen atoms in total. The molecule has 0 atom stereocenters. The van der Waals surface area contributed by atoms with Crippen LogP contribution in [-0.2, 0) is 6.18 Å². The van der Waals surface area contributed by atoms with Crippen LogP contribution in [0.3, 0.4) is 0 Å². The van der Waals surface area contributed by atoms with Crippen molar-refractivity contribution >= 4 is 17.9 Å². The number of carbonyl (C=O) groups excluding carboxylic acids is 1. The topological polar surface area (TPSA) is 17.1 Å². The molecule has 0 radical (unpaired) electrons. The van der Waals surface area contributed by atoms with E-state index in [0.717, 1.165) is 0 Å². The first-order valence-corrected chi connectivity index (χ1v) is 3.75. The van der Waals surface area contributed by atoms with Crippen molar-refractivity contribution < 1.29 is 22.4 Å². The predicted octanol–water partition coefficient (Wildman–Crippen LogP) is 3.31. The summed E-state index contributed by atoms with van der Waals surface area (Å²) in [6.07, 6.45) is -4.61. The zero-order valence-electron chi connectivity index (χ0n) is 6.53. The van der Waals surface area contributed by atoms with Gasteiger partial charge < -0.3 is 0 Å². The molecule has 0 aliphatic carbocycles. The Hall–Kier alpha value is -1.10. The molecule has 0 amide bonds. The largest absolute Gasteiger partial charge is 0.416 e. The second kappa shape index (κ2) is 3.57. The molecular weight excluding hydrogens is 224 g/mol. The van der Waals surface area contributed by atoms with Gasteiger partial charge in [0.1, 0.15) is 5.82 Å². The van der Waals surface area contributed by atoms with Crippen molar-refractivity contribution in [3.05, 3.63) is 34.1 Å². The fourth-order valence-electron chi connectivity index (χ4n) is 0.861. The van der Waals surface area contributed by atoms with E-state index < -0.39 is 28.1 Å². The monoisotopic (exact) mass is 226 g/mol. The van der Waals surface area contributed by atoms with Crippen LogP contribution in [0.1, 0.15) is 15.9 Å². The first kappa shape index (κ1) is 11.0. The highest BCUT2D eigenvalue weighted by molar-refractivity contribution is 6.33. The van der Waals surface area contributed by atoms with E-state index in [0.29, 0.717) is 6.07 Å². The molecule has 1 rings (SSSR count). The Bertz CT molecular complexity index is 349. The van der Waals surface area contributed by atoms with Gasteiger partial charge in [-0.1, -0.05) is 11.6 Å². The summed E-state index contributed by atoms with van der Waals surface area (Å²) in [5.41, 5.74) is -1.79. The number of benzene rings is 1. The predicted molar refractivity (Wildman–Crippen MR) is 41.8 cm³/mol. The van der Waals surface area contributed by atoms with Crippen molar-refractivity contribution in [2.24, 2.45) is 0 Å². The lowest BCUT2D eigenvalue weighted by atomic mass is 10.1. The third-order valence-corrected chi connectivity index (χ3v) is 1.84. The van der Waals surface area contributed by atoms with Crippen LogP contribution >= 0.6 is 11.6 Å². The number of halogens is 5. The molecule has 0 aliphatic rings. The second-order valence-corrected chi connectivity index (χ2v) is 2.88. The van der Waals surface area contributed by atoms with Crippen LogP contribution in [-0.4, -0.2) is 6.29 Å².